The molecule has 0 aromatic rings. The number of piperidine rings is 1. The Morgan fingerprint density at radius 3 is 2.22 bits per heavy atom. The molecule has 2 heterocycles. The van der Waals surface area contributed by atoms with Gasteiger partial charge in [0, 0.05) is 38.1 Å². The summed E-state index contributed by atoms with van der Waals surface area (Å²) < 4.78 is 23.7. The Labute approximate surface area is 310 Å². The molecule has 2 N–H and O–H groups in total. The van der Waals surface area contributed by atoms with E-state index in [1.165, 1.54) is 50.5 Å². The predicted octanol–water partition coefficient (Wildman–Crippen LogP) is 7.05. The van der Waals surface area contributed by atoms with E-state index in [4.69, 9.17) is 0 Å². The van der Waals surface area contributed by atoms with Crippen molar-refractivity contribution in [1.82, 2.24) is 15.1 Å². The summed E-state index contributed by atoms with van der Waals surface area (Å²) in [5, 5.41) is 13.7. The number of nitrogens with one attached hydrogen (secondary N) is 1. The summed E-state index contributed by atoms with van der Waals surface area (Å²) in [6.07, 6.45) is 12.1. The number of amides is 1. The molecule has 0 radical (unpaired) electrons. The Kier molecular flexibility index (Phi) is 10.3. The van der Waals surface area contributed by atoms with Gasteiger partial charge < -0.3 is 20.2 Å². The van der Waals surface area contributed by atoms with Gasteiger partial charge in [-0.15, -0.1) is 0 Å². The quantitative estimate of drug-likeness (QED) is 0.184. The van der Waals surface area contributed by atoms with Crippen LogP contribution in [-0.2, 0) is 19.4 Å². The van der Waals surface area contributed by atoms with E-state index < -0.39 is 21.2 Å². The Morgan fingerprint density at radius 1 is 0.882 bits per heavy atom. The molecule has 4 aliphatic carbocycles. The Balaban J connectivity index is 1.18. The molecule has 6 rings (SSSR count). The molecule has 6 aliphatic rings. The summed E-state index contributed by atoms with van der Waals surface area (Å²) in [5.74, 6) is 2.61. The maximum Gasteiger partial charge on any atom is 0.309 e. The number of carboxylic acid groups (broad SMARTS) is 1. The zero-order valence-electron chi connectivity index (χ0n) is 33.4. The standard InChI is InChI=1S/C42H71N3O5S/c1-29(2)30-13-16-42(28-43-20-10-21-44-23-25-51(49,50)26-24-44)18-17-40(8)31(35(30)42)11-12-33-39(7)19-22-45(34(46)27-37(3,4)36(47)48)38(5,6)32(39)14-15-41(33,40)9/h30-33,35,43H,1,10-28H2,2-9H3,(H,47,48)/t30-,31+,32-,33+,35+,39-,40+,41+,42+/m0/s1. The van der Waals surface area contributed by atoms with Crippen molar-refractivity contribution in [3.63, 3.8) is 0 Å². The fourth-order valence-corrected chi connectivity index (χ4v) is 15.3. The number of rotatable bonds is 10. The number of sulfone groups is 1. The number of nitrogens with zero attached hydrogens (tertiary/aromatic N) is 2. The van der Waals surface area contributed by atoms with Crippen molar-refractivity contribution in [2.75, 3.05) is 50.8 Å². The number of fused-ring (bicyclic) bond motifs is 7. The van der Waals surface area contributed by atoms with Gasteiger partial charge in [0.25, 0.3) is 0 Å². The molecule has 0 unspecified atom stereocenters. The molecule has 2 aliphatic heterocycles. The minimum Gasteiger partial charge on any atom is -0.481 e. The van der Waals surface area contributed by atoms with Crippen LogP contribution in [0.15, 0.2) is 12.2 Å². The topological polar surface area (TPSA) is 107 Å². The molecule has 0 aromatic heterocycles. The molecule has 1 amide bonds. The van der Waals surface area contributed by atoms with Crippen LogP contribution in [0, 0.1) is 56.7 Å². The van der Waals surface area contributed by atoms with E-state index in [2.05, 4.69) is 63.2 Å². The van der Waals surface area contributed by atoms with Crippen molar-refractivity contribution in [2.24, 2.45) is 56.7 Å². The molecular weight excluding hydrogens is 659 g/mol. The summed E-state index contributed by atoms with van der Waals surface area (Å²) in [6, 6.07) is 0. The van der Waals surface area contributed by atoms with Crippen LogP contribution in [0.4, 0.5) is 0 Å². The third kappa shape index (κ3) is 6.47. The van der Waals surface area contributed by atoms with Gasteiger partial charge in [0.15, 0.2) is 9.84 Å². The van der Waals surface area contributed by atoms with Gasteiger partial charge >= 0.3 is 5.97 Å². The maximum absolute atomic E-state index is 13.8. The van der Waals surface area contributed by atoms with E-state index in [1.807, 2.05) is 0 Å². The SMILES string of the molecule is C=C(C)[C@@H]1CC[C@]2(CNCCCN3CCS(=O)(=O)CC3)CC[C@]3(C)[C@H](CC[C@@H]4[C@@]5(C)CCN(C(=O)CC(C)(C)C(=O)O)C(C)(C)[C@@H]5CC[C@]43C)[C@@H]12. The van der Waals surface area contributed by atoms with Crippen molar-refractivity contribution in [3.05, 3.63) is 12.2 Å². The highest BCUT2D eigenvalue weighted by Crippen LogP contribution is 2.76. The van der Waals surface area contributed by atoms with Crippen LogP contribution in [0.5, 0.6) is 0 Å². The summed E-state index contributed by atoms with van der Waals surface area (Å²) in [7, 11) is -2.84. The van der Waals surface area contributed by atoms with Crippen LogP contribution in [0.2, 0.25) is 0 Å². The highest BCUT2D eigenvalue weighted by atomic mass is 32.2. The van der Waals surface area contributed by atoms with Gasteiger partial charge in [0.1, 0.15) is 0 Å². The van der Waals surface area contributed by atoms with Crippen LogP contribution in [0.1, 0.15) is 126 Å². The maximum atomic E-state index is 13.8. The first-order valence-electron chi connectivity index (χ1n) is 20.5. The molecular formula is C42H71N3O5S. The number of likely N-dealkylation sites (tertiary alicyclic amines) is 1. The highest BCUT2D eigenvalue weighted by molar-refractivity contribution is 7.91. The van der Waals surface area contributed by atoms with E-state index in [1.54, 1.807) is 13.8 Å². The van der Waals surface area contributed by atoms with Crippen molar-refractivity contribution in [2.45, 2.75) is 132 Å². The second kappa shape index (κ2) is 13.4. The lowest BCUT2D eigenvalue weighted by molar-refractivity contribution is -0.241. The van der Waals surface area contributed by atoms with Crippen LogP contribution in [0.25, 0.3) is 0 Å². The Hall–Kier alpha value is -1.45. The summed E-state index contributed by atoms with van der Waals surface area (Å²) in [4.78, 5) is 30.1. The van der Waals surface area contributed by atoms with E-state index in [0.717, 1.165) is 38.9 Å². The lowest BCUT2D eigenvalue weighted by atomic mass is 9.33. The fraction of sp³-hybridized carbons (Fsp3) is 0.905. The number of allylic oxidation sites excluding steroid dienone is 1. The van der Waals surface area contributed by atoms with Crippen molar-refractivity contribution >= 4 is 21.7 Å². The number of aliphatic carboxylic acids is 1. The zero-order valence-corrected chi connectivity index (χ0v) is 34.2. The average molecular weight is 730 g/mol. The molecule has 0 aromatic carbocycles. The molecule has 4 saturated carbocycles. The monoisotopic (exact) mass is 730 g/mol. The van der Waals surface area contributed by atoms with E-state index in [0.29, 0.717) is 66.1 Å². The van der Waals surface area contributed by atoms with Crippen LogP contribution in [0.3, 0.4) is 0 Å². The molecule has 6 fully saturated rings. The Bertz CT molecular complexity index is 1480. The van der Waals surface area contributed by atoms with E-state index in [-0.39, 0.29) is 34.1 Å². The van der Waals surface area contributed by atoms with Gasteiger partial charge in [-0.1, -0.05) is 32.9 Å². The first-order chi connectivity index (χ1) is 23.6. The first-order valence-corrected chi connectivity index (χ1v) is 22.3. The normalized spacial score (nSPS) is 41.9. The van der Waals surface area contributed by atoms with Crippen molar-refractivity contribution in [1.29, 1.82) is 0 Å². The van der Waals surface area contributed by atoms with E-state index >= 15 is 0 Å². The second-order valence-corrected chi connectivity index (χ2v) is 22.7. The zero-order chi connectivity index (χ0) is 37.4. The number of carboxylic acids is 1. The molecule has 51 heavy (non-hydrogen) atoms. The smallest absolute Gasteiger partial charge is 0.309 e. The van der Waals surface area contributed by atoms with Gasteiger partial charge in [-0.05, 0) is 163 Å². The first kappa shape index (κ1) is 39.2. The molecule has 0 spiro atoms. The molecule has 0 bridgehead atoms. The van der Waals surface area contributed by atoms with Gasteiger partial charge in [0.2, 0.25) is 5.91 Å². The highest BCUT2D eigenvalue weighted by Gasteiger charge is 2.71. The van der Waals surface area contributed by atoms with Gasteiger partial charge in [-0.3, -0.25) is 9.59 Å². The van der Waals surface area contributed by atoms with Crippen LogP contribution in [-0.4, -0.2) is 91.5 Å². The second-order valence-electron chi connectivity index (χ2n) is 20.4. The number of hydrogen-bond acceptors (Lipinski definition) is 6. The number of carbonyl (C=O) groups excluding carboxylic acids is 1. The molecule has 9 heteroatoms. The minimum atomic E-state index is -2.84. The van der Waals surface area contributed by atoms with Crippen molar-refractivity contribution in [3.8, 4) is 0 Å². The van der Waals surface area contributed by atoms with Gasteiger partial charge in [-0.25, -0.2) is 8.42 Å². The minimum absolute atomic E-state index is 0.00953. The van der Waals surface area contributed by atoms with E-state index in [9.17, 15) is 23.1 Å². The average Bonchev–Trinajstić information content (AvgIpc) is 3.41. The fourth-order valence-electron chi connectivity index (χ4n) is 14.0. The summed E-state index contributed by atoms with van der Waals surface area (Å²) >= 11 is 0. The number of carbonyl (C=O) groups is 2. The lowest BCUT2D eigenvalue weighted by Crippen LogP contribution is -2.70. The predicted molar refractivity (Wildman–Crippen MR) is 205 cm³/mol. The summed E-state index contributed by atoms with van der Waals surface area (Å²) in [5.41, 5.74) is 0.939. The van der Waals surface area contributed by atoms with Crippen LogP contribution >= 0.6 is 0 Å². The number of hydrogen-bond donors (Lipinski definition) is 2. The molecule has 8 nitrogen and oxygen atoms in total. The van der Waals surface area contributed by atoms with Crippen molar-refractivity contribution < 1.29 is 23.1 Å². The molecule has 9 atom stereocenters. The molecule has 290 valence electrons. The van der Waals surface area contributed by atoms with Crippen LogP contribution < -0.4 is 5.32 Å². The largest absolute Gasteiger partial charge is 0.481 e. The third-order valence-corrected chi connectivity index (χ3v) is 18.8. The third-order valence-electron chi connectivity index (χ3n) is 17.1. The Morgan fingerprint density at radius 2 is 1.57 bits per heavy atom. The molecule has 2 saturated heterocycles. The lowest BCUT2D eigenvalue weighted by Gasteiger charge is -2.73. The van der Waals surface area contributed by atoms with Gasteiger partial charge in [0.05, 0.1) is 16.9 Å². The van der Waals surface area contributed by atoms with Gasteiger partial charge in [-0.2, -0.15) is 0 Å². The summed E-state index contributed by atoms with van der Waals surface area (Å²) in [6.45, 7) is 27.8.